The van der Waals surface area contributed by atoms with Gasteiger partial charge >= 0.3 is 5.97 Å². The van der Waals surface area contributed by atoms with E-state index in [1.807, 2.05) is 13.8 Å². The molecule has 0 radical (unpaired) electrons. The second kappa shape index (κ2) is 6.11. The van der Waals surface area contributed by atoms with Crippen molar-refractivity contribution in [2.24, 2.45) is 16.8 Å². The number of carbonyl (C=O) groups excluding carboxylic acids is 1. The number of carboxylic acid groups (broad SMARTS) is 1. The number of aliphatic imine (C=N–C) groups is 1. The molecule has 0 spiro atoms. The van der Waals surface area contributed by atoms with Crippen molar-refractivity contribution in [3.63, 3.8) is 0 Å². The topological polar surface area (TPSA) is 66.7 Å². The molecule has 2 unspecified atom stereocenters. The molecule has 0 saturated carbocycles. The van der Waals surface area contributed by atoms with Gasteiger partial charge in [-0.1, -0.05) is 19.9 Å². The van der Waals surface area contributed by atoms with E-state index in [0.717, 1.165) is 0 Å². The van der Waals surface area contributed by atoms with Crippen molar-refractivity contribution in [2.75, 3.05) is 6.54 Å². The Morgan fingerprint density at radius 1 is 1.57 bits per heavy atom. The number of aliphatic carboxylic acids is 1. The van der Waals surface area contributed by atoms with Crippen LogP contribution in [0.4, 0.5) is 0 Å². The molecule has 0 saturated heterocycles. The van der Waals surface area contributed by atoms with Gasteiger partial charge in [-0.3, -0.25) is 0 Å². The first-order chi connectivity index (χ1) is 6.49. The molecule has 0 amide bonds. The molecule has 1 N–H and O–H groups in total. The highest BCUT2D eigenvalue weighted by Gasteiger charge is 2.11. The summed E-state index contributed by atoms with van der Waals surface area (Å²) in [5.41, 5.74) is 0.319. The zero-order valence-corrected chi connectivity index (χ0v) is 8.65. The zero-order chi connectivity index (χ0) is 11.1. The molecule has 0 fully saturated rings. The lowest BCUT2D eigenvalue weighted by Crippen LogP contribution is -2.10. The summed E-state index contributed by atoms with van der Waals surface area (Å²) in [7, 11) is 0. The van der Waals surface area contributed by atoms with Crippen LogP contribution in [0.5, 0.6) is 0 Å². The van der Waals surface area contributed by atoms with Crippen LogP contribution in [0.2, 0.25) is 0 Å². The predicted molar refractivity (Wildman–Crippen MR) is 52.7 cm³/mol. The molecule has 0 aromatic carbocycles. The summed E-state index contributed by atoms with van der Waals surface area (Å²) in [6, 6.07) is 0. The van der Waals surface area contributed by atoms with Crippen molar-refractivity contribution < 1.29 is 14.7 Å². The van der Waals surface area contributed by atoms with Gasteiger partial charge in [0.1, 0.15) is 0 Å². The Hall–Kier alpha value is -1.41. The minimum Gasteiger partial charge on any atom is -0.478 e. The summed E-state index contributed by atoms with van der Waals surface area (Å²) in [6.07, 6.45) is 3.14. The fourth-order valence-corrected chi connectivity index (χ4v) is 0.977. The van der Waals surface area contributed by atoms with E-state index in [2.05, 4.69) is 4.99 Å². The molecule has 0 aromatic rings. The van der Waals surface area contributed by atoms with E-state index in [4.69, 9.17) is 5.11 Å². The predicted octanol–water partition coefficient (Wildman–Crippen LogP) is 1.63. The molecular formula is C10H15NO3. The van der Waals surface area contributed by atoms with Gasteiger partial charge < -0.3 is 5.11 Å². The molecule has 14 heavy (non-hydrogen) atoms. The molecule has 2 atom stereocenters. The van der Waals surface area contributed by atoms with Crippen molar-refractivity contribution in [1.29, 1.82) is 0 Å². The van der Waals surface area contributed by atoms with Crippen LogP contribution in [0.3, 0.4) is 0 Å². The highest BCUT2D eigenvalue weighted by molar-refractivity contribution is 5.85. The first-order valence-electron chi connectivity index (χ1n) is 4.44. The molecule has 4 heteroatoms. The summed E-state index contributed by atoms with van der Waals surface area (Å²) < 4.78 is 0. The molecule has 0 aliphatic carbocycles. The third-order valence-electron chi connectivity index (χ3n) is 2.19. The highest BCUT2D eigenvalue weighted by Crippen LogP contribution is 2.14. The van der Waals surface area contributed by atoms with Gasteiger partial charge in [0, 0.05) is 5.57 Å². The zero-order valence-electron chi connectivity index (χ0n) is 8.65. The molecule has 0 heterocycles. The van der Waals surface area contributed by atoms with Crippen molar-refractivity contribution >= 4 is 12.0 Å². The number of nitrogens with zero attached hydrogens (tertiary/aromatic N) is 1. The summed E-state index contributed by atoms with van der Waals surface area (Å²) in [5.74, 6) is -0.683. The van der Waals surface area contributed by atoms with E-state index in [-0.39, 0.29) is 11.8 Å². The summed E-state index contributed by atoms with van der Waals surface area (Å²) >= 11 is 0. The van der Waals surface area contributed by atoms with Gasteiger partial charge in [-0.05, 0) is 18.8 Å². The van der Waals surface area contributed by atoms with Crippen LogP contribution < -0.4 is 0 Å². The molecule has 0 aromatic heterocycles. The smallest absolute Gasteiger partial charge is 0.330 e. The quantitative estimate of drug-likeness (QED) is 0.413. The Kier molecular flexibility index (Phi) is 5.49. The summed E-state index contributed by atoms with van der Waals surface area (Å²) in [5, 5.41) is 8.63. The average Bonchev–Trinajstić information content (AvgIpc) is 2.13. The van der Waals surface area contributed by atoms with Crippen LogP contribution >= 0.6 is 0 Å². The Bertz CT molecular complexity index is 277. The van der Waals surface area contributed by atoms with Crippen molar-refractivity contribution in [3.8, 4) is 0 Å². The average molecular weight is 197 g/mol. The Balaban J connectivity index is 4.32. The fourth-order valence-electron chi connectivity index (χ4n) is 0.977. The van der Waals surface area contributed by atoms with Crippen LogP contribution in [-0.4, -0.2) is 23.7 Å². The number of carbonyl (C=O) groups is 1. The highest BCUT2D eigenvalue weighted by atomic mass is 16.4. The molecule has 0 rings (SSSR count). The normalized spacial score (nSPS) is 15.5. The Labute approximate surface area is 83.3 Å². The third-order valence-corrected chi connectivity index (χ3v) is 2.19. The van der Waals surface area contributed by atoms with Crippen LogP contribution in [0.25, 0.3) is 0 Å². The maximum Gasteiger partial charge on any atom is 0.330 e. The van der Waals surface area contributed by atoms with Gasteiger partial charge in [0.25, 0.3) is 0 Å². The summed E-state index contributed by atoms with van der Waals surface area (Å²) in [4.78, 5) is 23.8. The van der Waals surface area contributed by atoms with Gasteiger partial charge in [0.05, 0.1) is 6.54 Å². The van der Waals surface area contributed by atoms with Crippen LogP contribution in [0.15, 0.2) is 16.6 Å². The monoisotopic (exact) mass is 197 g/mol. The van der Waals surface area contributed by atoms with Crippen molar-refractivity contribution in [3.05, 3.63) is 11.6 Å². The van der Waals surface area contributed by atoms with E-state index in [9.17, 15) is 9.59 Å². The van der Waals surface area contributed by atoms with Gasteiger partial charge in [-0.2, -0.15) is 0 Å². The Morgan fingerprint density at radius 3 is 2.57 bits per heavy atom. The third kappa shape index (κ3) is 4.58. The fraction of sp³-hybridized carbons (Fsp3) is 0.600. The maximum atomic E-state index is 10.5. The van der Waals surface area contributed by atoms with E-state index in [1.165, 1.54) is 6.08 Å². The minimum atomic E-state index is -0.914. The molecular weight excluding hydrogens is 182 g/mol. The van der Waals surface area contributed by atoms with Gasteiger partial charge in [0.15, 0.2) is 0 Å². The lowest BCUT2D eigenvalue weighted by Gasteiger charge is -2.13. The van der Waals surface area contributed by atoms with E-state index < -0.39 is 5.97 Å². The molecule has 0 bridgehead atoms. The van der Waals surface area contributed by atoms with E-state index in [1.54, 1.807) is 13.0 Å². The first kappa shape index (κ1) is 12.6. The molecule has 0 aliphatic rings. The molecule has 78 valence electrons. The van der Waals surface area contributed by atoms with E-state index >= 15 is 0 Å². The lowest BCUT2D eigenvalue weighted by molar-refractivity contribution is -0.132. The minimum absolute atomic E-state index is 0.0863. The van der Waals surface area contributed by atoms with Crippen LogP contribution in [0.1, 0.15) is 20.8 Å². The molecule has 4 nitrogen and oxygen atoms in total. The van der Waals surface area contributed by atoms with Crippen LogP contribution in [-0.2, 0) is 9.59 Å². The van der Waals surface area contributed by atoms with Gasteiger partial charge in [-0.25, -0.2) is 14.6 Å². The van der Waals surface area contributed by atoms with E-state index in [0.29, 0.717) is 12.1 Å². The Morgan fingerprint density at radius 2 is 2.14 bits per heavy atom. The number of allylic oxidation sites excluding steroid dienone is 1. The second-order valence-corrected chi connectivity index (χ2v) is 3.42. The standard InChI is InChI=1S/C10H15NO3/c1-7(4-8(2)10(13)14)9(3)5-11-6-12/h4,7,9H,5H2,1-3H3,(H,13,14)/b8-4+. The molecule has 0 aliphatic heterocycles. The SMILES string of the molecule is C/C(=C\C(C)C(C)CN=C=O)C(=O)O. The van der Waals surface area contributed by atoms with Crippen LogP contribution in [0, 0.1) is 11.8 Å². The first-order valence-corrected chi connectivity index (χ1v) is 4.44. The number of rotatable bonds is 5. The van der Waals surface area contributed by atoms with Crippen molar-refractivity contribution in [2.45, 2.75) is 20.8 Å². The lowest BCUT2D eigenvalue weighted by atomic mass is 9.94. The maximum absolute atomic E-state index is 10.5. The largest absolute Gasteiger partial charge is 0.478 e. The van der Waals surface area contributed by atoms with Crippen molar-refractivity contribution in [1.82, 2.24) is 0 Å². The summed E-state index contributed by atoms with van der Waals surface area (Å²) in [6.45, 7) is 5.75. The number of isocyanates is 1. The van der Waals surface area contributed by atoms with Gasteiger partial charge in [0.2, 0.25) is 6.08 Å². The second-order valence-electron chi connectivity index (χ2n) is 3.42. The van der Waals surface area contributed by atoms with Gasteiger partial charge in [-0.15, -0.1) is 0 Å². The number of hydrogen-bond acceptors (Lipinski definition) is 3. The number of carboxylic acids is 1. The number of hydrogen-bond donors (Lipinski definition) is 1.